The normalized spacial score (nSPS) is 29.2. The van der Waals surface area contributed by atoms with E-state index in [4.69, 9.17) is 4.52 Å². The number of halogens is 2. The summed E-state index contributed by atoms with van der Waals surface area (Å²) in [6.45, 7) is 10.6. The van der Waals surface area contributed by atoms with Crippen LogP contribution >= 0.6 is 0 Å². The molecule has 4 rings (SSSR count). The highest BCUT2D eigenvalue weighted by Crippen LogP contribution is 2.37. The average molecular weight is 455 g/mol. The highest BCUT2D eigenvalue weighted by Gasteiger charge is 2.50. The van der Waals surface area contributed by atoms with Crippen molar-refractivity contribution in [2.75, 3.05) is 39.3 Å². The molecule has 3 heterocycles. The molecule has 0 aromatic carbocycles. The van der Waals surface area contributed by atoms with Gasteiger partial charge in [0, 0.05) is 63.2 Å². The van der Waals surface area contributed by atoms with E-state index in [1.54, 1.807) is 4.90 Å². The van der Waals surface area contributed by atoms with Gasteiger partial charge in [0.15, 0.2) is 5.82 Å². The molecular weight excluding hydrogens is 418 g/mol. The number of carbonyl (C=O) groups is 1. The maximum absolute atomic E-state index is 15.0. The number of aromatic nitrogens is 2. The number of alkyl halides is 2. The molecule has 1 aliphatic carbocycles. The highest BCUT2D eigenvalue weighted by molar-refractivity contribution is 5.75. The molecule has 3 aliphatic rings. The van der Waals surface area contributed by atoms with Gasteiger partial charge in [0.1, 0.15) is 6.04 Å². The van der Waals surface area contributed by atoms with E-state index in [9.17, 15) is 4.79 Å². The number of hydrogen-bond acceptors (Lipinski definition) is 6. The van der Waals surface area contributed by atoms with Gasteiger partial charge in [0.2, 0.25) is 6.39 Å². The van der Waals surface area contributed by atoms with Crippen LogP contribution in [0.2, 0.25) is 0 Å². The van der Waals surface area contributed by atoms with Crippen LogP contribution in [-0.2, 0) is 5.41 Å². The van der Waals surface area contributed by atoms with Crippen molar-refractivity contribution in [3.05, 3.63) is 12.2 Å². The van der Waals surface area contributed by atoms with Crippen LogP contribution in [-0.4, -0.2) is 94.2 Å². The number of piperazine rings is 1. The molecule has 1 aromatic heterocycles. The lowest BCUT2D eigenvalue weighted by molar-refractivity contribution is -0.0973. The third-order valence-corrected chi connectivity index (χ3v) is 7.73. The van der Waals surface area contributed by atoms with Gasteiger partial charge in [0.05, 0.1) is 0 Å². The standard InChI is InChI=1S/C22H36F2N6O2/c1-16(2)28-11-13-29(14-12-28)17-5-4-6-22(23,24)18(17)26-20(31)30-9-7-21(3,8-10-30)19-25-15-32-27-19/h15-18H,4-14H2,1-3H3,(H,26,31)/t17-,18+/m0/s1. The molecule has 10 heteroatoms. The Labute approximate surface area is 188 Å². The predicted octanol–water partition coefficient (Wildman–Crippen LogP) is 2.72. The Morgan fingerprint density at radius 1 is 1.16 bits per heavy atom. The van der Waals surface area contributed by atoms with Crippen LogP contribution < -0.4 is 5.32 Å². The van der Waals surface area contributed by atoms with E-state index in [0.29, 0.717) is 50.6 Å². The molecule has 1 saturated carbocycles. The number of rotatable bonds is 4. The van der Waals surface area contributed by atoms with Gasteiger partial charge in [-0.25, -0.2) is 13.6 Å². The van der Waals surface area contributed by atoms with Gasteiger partial charge in [-0.2, -0.15) is 4.98 Å². The smallest absolute Gasteiger partial charge is 0.317 e. The van der Waals surface area contributed by atoms with Crippen molar-refractivity contribution in [3.8, 4) is 0 Å². The third kappa shape index (κ3) is 4.76. The Balaban J connectivity index is 1.39. The van der Waals surface area contributed by atoms with Crippen molar-refractivity contribution in [1.29, 1.82) is 0 Å². The minimum Gasteiger partial charge on any atom is -0.343 e. The topological polar surface area (TPSA) is 77.7 Å². The van der Waals surface area contributed by atoms with Crippen LogP contribution in [0, 0.1) is 0 Å². The van der Waals surface area contributed by atoms with Crippen molar-refractivity contribution in [2.45, 2.75) is 82.3 Å². The van der Waals surface area contributed by atoms with Gasteiger partial charge in [-0.3, -0.25) is 9.80 Å². The van der Waals surface area contributed by atoms with E-state index in [-0.39, 0.29) is 17.9 Å². The van der Waals surface area contributed by atoms with E-state index >= 15 is 8.78 Å². The van der Waals surface area contributed by atoms with Gasteiger partial charge in [0.25, 0.3) is 5.92 Å². The summed E-state index contributed by atoms with van der Waals surface area (Å²) in [5.41, 5.74) is -0.267. The molecule has 180 valence electrons. The van der Waals surface area contributed by atoms with Crippen LogP contribution in [0.25, 0.3) is 0 Å². The SMILES string of the molecule is CC(C)N1CCN([C@H]2CCCC(F)(F)[C@@H]2NC(=O)N2CCC(C)(c3ncon3)CC2)CC1. The molecule has 2 atom stereocenters. The molecule has 0 unspecified atom stereocenters. The molecule has 8 nitrogen and oxygen atoms in total. The van der Waals surface area contributed by atoms with E-state index < -0.39 is 18.0 Å². The van der Waals surface area contributed by atoms with Crippen LogP contribution in [0.1, 0.15) is 58.7 Å². The Bertz CT molecular complexity index is 758. The molecule has 1 aromatic rings. The summed E-state index contributed by atoms with van der Waals surface area (Å²) in [4.78, 5) is 23.4. The van der Waals surface area contributed by atoms with Crippen molar-refractivity contribution in [1.82, 2.24) is 30.2 Å². The summed E-state index contributed by atoms with van der Waals surface area (Å²) in [7, 11) is 0. The zero-order valence-corrected chi connectivity index (χ0v) is 19.4. The quantitative estimate of drug-likeness (QED) is 0.754. The lowest BCUT2D eigenvalue weighted by Gasteiger charge is -2.48. The molecule has 0 radical (unpaired) electrons. The summed E-state index contributed by atoms with van der Waals surface area (Å²) in [5.74, 6) is -2.26. The summed E-state index contributed by atoms with van der Waals surface area (Å²) >= 11 is 0. The second-order valence-electron chi connectivity index (χ2n) is 10.1. The van der Waals surface area contributed by atoms with Crippen LogP contribution in [0.4, 0.5) is 13.6 Å². The molecule has 3 fully saturated rings. The number of likely N-dealkylation sites (tertiary alicyclic amines) is 1. The summed E-state index contributed by atoms with van der Waals surface area (Å²) in [6, 6.07) is -1.42. The van der Waals surface area contributed by atoms with E-state index in [1.807, 2.05) is 0 Å². The first kappa shape index (κ1) is 23.4. The van der Waals surface area contributed by atoms with Gasteiger partial charge in [-0.1, -0.05) is 12.1 Å². The second kappa shape index (κ2) is 9.21. The average Bonchev–Trinajstić information content (AvgIpc) is 3.31. The molecule has 2 aliphatic heterocycles. The Morgan fingerprint density at radius 3 is 2.44 bits per heavy atom. The largest absolute Gasteiger partial charge is 0.343 e. The van der Waals surface area contributed by atoms with E-state index in [2.05, 4.69) is 46.0 Å². The highest BCUT2D eigenvalue weighted by atomic mass is 19.3. The van der Waals surface area contributed by atoms with Gasteiger partial charge < -0.3 is 14.7 Å². The second-order valence-corrected chi connectivity index (χ2v) is 10.1. The lowest BCUT2D eigenvalue weighted by Crippen LogP contribution is -2.66. The van der Waals surface area contributed by atoms with E-state index in [1.165, 1.54) is 6.39 Å². The lowest BCUT2D eigenvalue weighted by atomic mass is 9.79. The first-order valence-corrected chi connectivity index (χ1v) is 11.9. The zero-order chi connectivity index (χ0) is 22.9. The zero-order valence-electron chi connectivity index (χ0n) is 19.4. The number of hydrogen-bond donors (Lipinski definition) is 1. The van der Waals surface area contributed by atoms with Crippen molar-refractivity contribution < 1.29 is 18.1 Å². The van der Waals surface area contributed by atoms with Crippen molar-refractivity contribution in [2.24, 2.45) is 0 Å². The number of nitrogens with one attached hydrogen (secondary N) is 1. The summed E-state index contributed by atoms with van der Waals surface area (Å²) < 4.78 is 34.9. The molecule has 2 amide bonds. The fraction of sp³-hybridized carbons (Fsp3) is 0.864. The van der Waals surface area contributed by atoms with Gasteiger partial charge in [-0.15, -0.1) is 0 Å². The summed E-state index contributed by atoms with van der Waals surface area (Å²) in [5, 5.41) is 6.71. The first-order valence-electron chi connectivity index (χ1n) is 11.9. The van der Waals surface area contributed by atoms with Crippen LogP contribution in [0.15, 0.2) is 10.9 Å². The van der Waals surface area contributed by atoms with Gasteiger partial charge in [-0.05, 0) is 39.5 Å². The first-order chi connectivity index (χ1) is 15.2. The van der Waals surface area contributed by atoms with Crippen LogP contribution in [0.3, 0.4) is 0 Å². The number of amides is 2. The Kier molecular flexibility index (Phi) is 6.72. The number of urea groups is 1. The Hall–Kier alpha value is -1.81. The van der Waals surface area contributed by atoms with Crippen molar-refractivity contribution >= 4 is 6.03 Å². The van der Waals surface area contributed by atoms with Crippen molar-refractivity contribution in [3.63, 3.8) is 0 Å². The predicted molar refractivity (Wildman–Crippen MR) is 116 cm³/mol. The van der Waals surface area contributed by atoms with Crippen LogP contribution in [0.5, 0.6) is 0 Å². The fourth-order valence-corrected chi connectivity index (χ4v) is 5.42. The molecule has 0 bridgehead atoms. The minimum absolute atomic E-state index is 0.170. The molecular formula is C22H36F2N6O2. The molecule has 1 N–H and O–H groups in total. The fourth-order valence-electron chi connectivity index (χ4n) is 5.42. The van der Waals surface area contributed by atoms with E-state index in [0.717, 1.165) is 26.2 Å². The maximum Gasteiger partial charge on any atom is 0.317 e. The summed E-state index contributed by atoms with van der Waals surface area (Å²) in [6.07, 6.45) is 3.66. The number of nitrogens with zero attached hydrogens (tertiary/aromatic N) is 5. The van der Waals surface area contributed by atoms with Gasteiger partial charge >= 0.3 is 6.03 Å². The number of piperidine rings is 1. The number of carbonyl (C=O) groups excluding carboxylic acids is 1. The molecule has 2 saturated heterocycles. The maximum atomic E-state index is 15.0. The third-order valence-electron chi connectivity index (χ3n) is 7.73. The molecule has 0 spiro atoms. The Morgan fingerprint density at radius 2 is 1.84 bits per heavy atom. The monoisotopic (exact) mass is 454 g/mol. The minimum atomic E-state index is -2.90. The molecule has 32 heavy (non-hydrogen) atoms.